The lowest BCUT2D eigenvalue weighted by atomic mass is 10.0. The van der Waals surface area contributed by atoms with Crippen LogP contribution in [0.15, 0.2) is 22.6 Å². The Hall–Kier alpha value is -2.24. The third kappa shape index (κ3) is 5.43. The van der Waals surface area contributed by atoms with Crippen molar-refractivity contribution < 1.29 is 8.81 Å². The summed E-state index contributed by atoms with van der Waals surface area (Å²) in [5, 5.41) is 15.9. The molecule has 1 aliphatic carbocycles. The Labute approximate surface area is 172 Å². The van der Waals surface area contributed by atoms with Gasteiger partial charge in [-0.15, -0.1) is 10.2 Å². The molecule has 0 radical (unpaired) electrons. The van der Waals surface area contributed by atoms with Gasteiger partial charge in [-0.05, 0) is 49.4 Å². The van der Waals surface area contributed by atoms with Crippen molar-refractivity contribution in [1.82, 2.24) is 10.2 Å². The molecule has 158 valence electrons. The topological polar surface area (TPSA) is 88.8 Å². The molecule has 3 rings (SSSR count). The quantitative estimate of drug-likeness (QED) is 0.248. The molecule has 0 aliphatic heterocycles. The number of benzene rings is 1. The number of nitrogens with two attached hydrogens (primary N) is 1. The molecule has 0 bridgehead atoms. The second kappa shape index (κ2) is 9.99. The second-order valence-electron chi connectivity index (χ2n) is 8.29. The molecule has 1 aliphatic rings. The molecule has 0 atom stereocenters. The van der Waals surface area contributed by atoms with Crippen LogP contribution in [0.1, 0.15) is 89.0 Å². The van der Waals surface area contributed by atoms with Crippen LogP contribution in [-0.2, 0) is 11.8 Å². The maximum Gasteiger partial charge on any atom is 0.247 e. The molecule has 0 amide bonds. The van der Waals surface area contributed by atoms with Crippen molar-refractivity contribution >= 4 is 5.84 Å². The van der Waals surface area contributed by atoms with E-state index in [1.165, 1.54) is 51.0 Å². The van der Waals surface area contributed by atoms with Gasteiger partial charge in [-0.25, -0.2) is 4.39 Å². The van der Waals surface area contributed by atoms with E-state index >= 15 is 0 Å². The predicted octanol–water partition coefficient (Wildman–Crippen LogP) is 5.92. The van der Waals surface area contributed by atoms with Crippen molar-refractivity contribution in [3.63, 3.8) is 0 Å². The molecular formula is C23H33FN4O. The fraction of sp³-hybridized carbons (Fsp3) is 0.609. The van der Waals surface area contributed by atoms with E-state index in [0.717, 1.165) is 31.2 Å². The average Bonchev–Trinajstić information content (AvgIpc) is 3.39. The minimum atomic E-state index is -0.579. The minimum Gasteiger partial charge on any atom is -0.420 e. The van der Waals surface area contributed by atoms with Gasteiger partial charge in [0, 0.05) is 5.56 Å². The Kier molecular flexibility index (Phi) is 7.40. The van der Waals surface area contributed by atoms with Crippen LogP contribution in [0, 0.1) is 11.2 Å². The van der Waals surface area contributed by atoms with E-state index in [4.69, 9.17) is 15.6 Å². The van der Waals surface area contributed by atoms with E-state index in [-0.39, 0.29) is 11.7 Å². The Morgan fingerprint density at radius 3 is 2.34 bits per heavy atom. The van der Waals surface area contributed by atoms with E-state index in [0.29, 0.717) is 23.8 Å². The maximum atomic E-state index is 14.2. The summed E-state index contributed by atoms with van der Waals surface area (Å²) in [4.78, 5) is 0. The third-order valence-electron chi connectivity index (χ3n) is 5.94. The van der Waals surface area contributed by atoms with Gasteiger partial charge in [0.05, 0.1) is 0 Å². The highest BCUT2D eigenvalue weighted by molar-refractivity contribution is 5.91. The standard InChI is InChI=1S/C23H33FN4O/c1-2-3-4-5-6-7-8-9-10-11-17-16-18(12-13-19(17)24)20-27-28-22(29-20)23(14-15-23)21(25)26/h12-13,16H,2-11,14-15H2,1H3,(H3,25,26). The van der Waals surface area contributed by atoms with Crippen LogP contribution in [0.25, 0.3) is 11.5 Å². The summed E-state index contributed by atoms with van der Waals surface area (Å²) in [6.07, 6.45) is 13.5. The number of unbranched alkanes of at least 4 members (excludes halogenated alkanes) is 8. The molecule has 1 aromatic heterocycles. The molecule has 2 aromatic rings. The van der Waals surface area contributed by atoms with E-state index in [1.54, 1.807) is 6.07 Å². The third-order valence-corrected chi connectivity index (χ3v) is 5.94. The Bertz CT molecular complexity index is 813. The number of aryl methyl sites for hydroxylation is 1. The lowest BCUT2D eigenvalue weighted by Crippen LogP contribution is -2.27. The number of aromatic nitrogens is 2. The number of nitrogens with zero attached hydrogens (tertiary/aromatic N) is 2. The van der Waals surface area contributed by atoms with Crippen LogP contribution >= 0.6 is 0 Å². The zero-order valence-corrected chi connectivity index (χ0v) is 17.5. The number of amidine groups is 1. The summed E-state index contributed by atoms with van der Waals surface area (Å²) in [5.74, 6) is 0.638. The predicted molar refractivity (Wildman–Crippen MR) is 113 cm³/mol. The Morgan fingerprint density at radius 1 is 1.07 bits per heavy atom. The first kappa shape index (κ1) is 21.5. The number of hydrogen-bond acceptors (Lipinski definition) is 4. The van der Waals surface area contributed by atoms with Crippen molar-refractivity contribution in [2.45, 2.75) is 89.4 Å². The van der Waals surface area contributed by atoms with Gasteiger partial charge in [0.1, 0.15) is 17.1 Å². The van der Waals surface area contributed by atoms with Crippen molar-refractivity contribution in [2.75, 3.05) is 0 Å². The van der Waals surface area contributed by atoms with Crippen LogP contribution in [0.3, 0.4) is 0 Å². The number of nitrogens with one attached hydrogen (secondary N) is 1. The number of halogens is 1. The molecule has 29 heavy (non-hydrogen) atoms. The summed E-state index contributed by atoms with van der Waals surface area (Å²) in [6, 6.07) is 4.95. The van der Waals surface area contributed by atoms with Crippen LogP contribution in [-0.4, -0.2) is 16.0 Å². The molecular weight excluding hydrogens is 367 g/mol. The highest BCUT2D eigenvalue weighted by Crippen LogP contribution is 2.47. The molecule has 1 fully saturated rings. The van der Waals surface area contributed by atoms with Crippen molar-refractivity contribution in [3.8, 4) is 11.5 Å². The molecule has 0 unspecified atom stereocenters. The zero-order valence-electron chi connectivity index (χ0n) is 17.5. The lowest BCUT2D eigenvalue weighted by Gasteiger charge is -2.07. The number of hydrogen-bond donors (Lipinski definition) is 2. The minimum absolute atomic E-state index is 0.0675. The summed E-state index contributed by atoms with van der Waals surface area (Å²) >= 11 is 0. The summed E-state index contributed by atoms with van der Waals surface area (Å²) in [7, 11) is 0. The maximum absolute atomic E-state index is 14.2. The van der Waals surface area contributed by atoms with Crippen molar-refractivity contribution in [3.05, 3.63) is 35.5 Å². The van der Waals surface area contributed by atoms with Gasteiger partial charge in [0.2, 0.25) is 11.8 Å². The van der Waals surface area contributed by atoms with Gasteiger partial charge < -0.3 is 10.2 Å². The molecule has 3 N–H and O–H groups in total. The van der Waals surface area contributed by atoms with Gasteiger partial charge in [-0.3, -0.25) is 5.41 Å². The van der Waals surface area contributed by atoms with Crippen LogP contribution < -0.4 is 5.73 Å². The molecule has 6 heteroatoms. The van der Waals surface area contributed by atoms with E-state index in [2.05, 4.69) is 17.1 Å². The summed E-state index contributed by atoms with van der Waals surface area (Å²) in [6.45, 7) is 2.24. The summed E-state index contributed by atoms with van der Waals surface area (Å²) < 4.78 is 20.0. The largest absolute Gasteiger partial charge is 0.420 e. The first-order valence-corrected chi connectivity index (χ1v) is 11.0. The highest BCUT2D eigenvalue weighted by atomic mass is 19.1. The van der Waals surface area contributed by atoms with E-state index in [1.807, 2.05) is 6.07 Å². The number of rotatable bonds is 13. The molecule has 0 spiro atoms. The van der Waals surface area contributed by atoms with E-state index < -0.39 is 5.41 Å². The normalized spacial score (nSPS) is 14.8. The van der Waals surface area contributed by atoms with Gasteiger partial charge in [0.25, 0.3) is 0 Å². The van der Waals surface area contributed by atoms with E-state index in [9.17, 15) is 4.39 Å². The van der Waals surface area contributed by atoms with Crippen molar-refractivity contribution in [2.24, 2.45) is 5.73 Å². The molecule has 5 nitrogen and oxygen atoms in total. The fourth-order valence-electron chi connectivity index (χ4n) is 3.78. The fourth-order valence-corrected chi connectivity index (χ4v) is 3.78. The van der Waals surface area contributed by atoms with Crippen LogP contribution in [0.4, 0.5) is 4.39 Å². The lowest BCUT2D eigenvalue weighted by molar-refractivity contribution is 0.485. The smallest absolute Gasteiger partial charge is 0.247 e. The SMILES string of the molecule is CCCCCCCCCCCc1cc(-c2nnc(C3(C(=N)N)CC3)o2)ccc1F. The Balaban J connectivity index is 1.50. The first-order valence-electron chi connectivity index (χ1n) is 11.0. The molecule has 0 saturated heterocycles. The molecule has 1 aromatic carbocycles. The van der Waals surface area contributed by atoms with Gasteiger partial charge >= 0.3 is 0 Å². The highest BCUT2D eigenvalue weighted by Gasteiger charge is 2.52. The monoisotopic (exact) mass is 400 g/mol. The van der Waals surface area contributed by atoms with Gasteiger partial charge in [-0.1, -0.05) is 58.3 Å². The van der Waals surface area contributed by atoms with Crippen LogP contribution in [0.5, 0.6) is 0 Å². The van der Waals surface area contributed by atoms with Gasteiger partial charge in [0.15, 0.2) is 0 Å². The second-order valence-corrected chi connectivity index (χ2v) is 8.29. The average molecular weight is 401 g/mol. The Morgan fingerprint density at radius 2 is 1.72 bits per heavy atom. The van der Waals surface area contributed by atoms with Crippen LogP contribution in [0.2, 0.25) is 0 Å². The van der Waals surface area contributed by atoms with Gasteiger partial charge in [-0.2, -0.15) is 0 Å². The molecule has 1 saturated carbocycles. The molecule has 1 heterocycles. The van der Waals surface area contributed by atoms with Crippen molar-refractivity contribution in [1.29, 1.82) is 5.41 Å². The first-order chi connectivity index (χ1) is 14.1. The zero-order chi connectivity index (χ0) is 20.7. The summed E-state index contributed by atoms with van der Waals surface area (Å²) in [5.41, 5.74) is 6.51.